The van der Waals surface area contributed by atoms with Crippen LogP contribution in [0, 0.1) is 5.82 Å². The molecule has 0 aliphatic rings. The van der Waals surface area contributed by atoms with Crippen molar-refractivity contribution in [2.24, 2.45) is 0 Å². The fourth-order valence-electron chi connectivity index (χ4n) is 1.45. The molecule has 98 valence electrons. The number of rotatable bonds is 4. The first-order valence-electron chi connectivity index (χ1n) is 5.43. The van der Waals surface area contributed by atoms with Crippen LogP contribution < -0.4 is 4.74 Å². The highest BCUT2D eigenvalue weighted by atomic mass is 79.9. The van der Waals surface area contributed by atoms with Gasteiger partial charge in [-0.05, 0) is 52.3 Å². The van der Waals surface area contributed by atoms with Crippen molar-refractivity contribution in [3.63, 3.8) is 0 Å². The lowest BCUT2D eigenvalue weighted by Gasteiger charge is -2.07. The van der Waals surface area contributed by atoms with E-state index in [1.54, 1.807) is 24.3 Å². The molecule has 0 atom stereocenters. The summed E-state index contributed by atoms with van der Waals surface area (Å²) in [7, 11) is 0. The van der Waals surface area contributed by atoms with Crippen LogP contribution in [0.25, 0.3) is 0 Å². The van der Waals surface area contributed by atoms with E-state index in [4.69, 9.17) is 16.3 Å². The Kier molecular flexibility index (Phi) is 4.56. The molecule has 0 amide bonds. The number of carbonyl (C=O) groups excluding carboxylic acids is 1. The molecule has 0 unspecified atom stereocenters. The van der Waals surface area contributed by atoms with E-state index in [9.17, 15) is 9.18 Å². The van der Waals surface area contributed by atoms with E-state index >= 15 is 0 Å². The van der Waals surface area contributed by atoms with Crippen molar-refractivity contribution >= 4 is 33.3 Å². The smallest absolute Gasteiger partial charge is 0.200 e. The van der Waals surface area contributed by atoms with Gasteiger partial charge in [0.05, 0.1) is 4.47 Å². The van der Waals surface area contributed by atoms with Crippen LogP contribution in [-0.2, 0) is 0 Å². The zero-order chi connectivity index (χ0) is 13.8. The van der Waals surface area contributed by atoms with Crippen molar-refractivity contribution in [2.75, 3.05) is 6.61 Å². The second-order valence-electron chi connectivity index (χ2n) is 3.79. The third-order valence-corrected chi connectivity index (χ3v) is 3.33. The summed E-state index contributed by atoms with van der Waals surface area (Å²) in [6.45, 7) is -0.163. The van der Waals surface area contributed by atoms with Gasteiger partial charge in [0.2, 0.25) is 0 Å². The van der Waals surface area contributed by atoms with E-state index in [0.717, 1.165) is 0 Å². The van der Waals surface area contributed by atoms with E-state index in [1.807, 2.05) is 0 Å². The van der Waals surface area contributed by atoms with Gasteiger partial charge >= 0.3 is 0 Å². The number of ketones is 1. The first kappa shape index (κ1) is 14.0. The molecule has 5 heteroatoms. The Hall–Kier alpha value is -1.39. The van der Waals surface area contributed by atoms with Crippen LogP contribution in [0.1, 0.15) is 10.4 Å². The van der Waals surface area contributed by atoms with Gasteiger partial charge in [-0.2, -0.15) is 0 Å². The minimum Gasteiger partial charge on any atom is -0.484 e. The Morgan fingerprint density at radius 1 is 1.21 bits per heavy atom. The number of carbonyl (C=O) groups is 1. The van der Waals surface area contributed by atoms with Crippen LogP contribution >= 0.6 is 27.5 Å². The van der Waals surface area contributed by atoms with Crippen LogP contribution in [0.15, 0.2) is 46.9 Å². The minimum absolute atomic E-state index is 0.163. The quantitative estimate of drug-likeness (QED) is 0.764. The molecule has 0 saturated carbocycles. The average molecular weight is 344 g/mol. The first-order valence-corrected chi connectivity index (χ1v) is 6.60. The van der Waals surface area contributed by atoms with Crippen LogP contribution in [0.3, 0.4) is 0 Å². The Morgan fingerprint density at radius 3 is 2.58 bits per heavy atom. The van der Waals surface area contributed by atoms with Crippen LogP contribution in [0.5, 0.6) is 5.75 Å². The van der Waals surface area contributed by atoms with Gasteiger partial charge in [0.25, 0.3) is 0 Å². The number of hydrogen-bond donors (Lipinski definition) is 0. The zero-order valence-electron chi connectivity index (χ0n) is 9.70. The molecule has 19 heavy (non-hydrogen) atoms. The Morgan fingerprint density at radius 2 is 1.89 bits per heavy atom. The third kappa shape index (κ3) is 3.78. The molecular weight excluding hydrogens is 335 g/mol. The van der Waals surface area contributed by atoms with Crippen molar-refractivity contribution in [3.8, 4) is 5.75 Å². The molecular formula is C14H9BrClFO2. The van der Waals surface area contributed by atoms with Gasteiger partial charge in [-0.25, -0.2) is 4.39 Å². The topological polar surface area (TPSA) is 26.3 Å². The summed E-state index contributed by atoms with van der Waals surface area (Å²) >= 11 is 8.96. The van der Waals surface area contributed by atoms with Gasteiger partial charge in [-0.1, -0.05) is 11.6 Å². The van der Waals surface area contributed by atoms with Crippen LogP contribution in [0.2, 0.25) is 5.02 Å². The Balaban J connectivity index is 2.04. The van der Waals surface area contributed by atoms with Crippen LogP contribution in [-0.4, -0.2) is 12.4 Å². The molecule has 0 bridgehead atoms. The molecule has 2 rings (SSSR count). The van der Waals surface area contributed by atoms with Gasteiger partial charge < -0.3 is 4.74 Å². The predicted molar refractivity (Wildman–Crippen MR) is 75.4 cm³/mol. The Bertz CT molecular complexity index is 599. The van der Waals surface area contributed by atoms with E-state index < -0.39 is 5.82 Å². The summed E-state index contributed by atoms with van der Waals surface area (Å²) in [5, 5.41) is 0.561. The summed E-state index contributed by atoms with van der Waals surface area (Å²) in [6, 6.07) is 10.6. The lowest BCUT2D eigenvalue weighted by Crippen LogP contribution is -2.11. The van der Waals surface area contributed by atoms with Crippen molar-refractivity contribution in [2.45, 2.75) is 0 Å². The number of hydrogen-bond acceptors (Lipinski definition) is 2. The second kappa shape index (κ2) is 6.17. The molecule has 0 heterocycles. The highest BCUT2D eigenvalue weighted by molar-refractivity contribution is 9.10. The molecule has 0 fully saturated rings. The summed E-state index contributed by atoms with van der Waals surface area (Å²) in [5.74, 6) is -0.327. The normalized spacial score (nSPS) is 10.3. The maximum Gasteiger partial charge on any atom is 0.200 e. The van der Waals surface area contributed by atoms with E-state index in [2.05, 4.69) is 15.9 Å². The molecule has 0 aromatic heterocycles. The standard InChI is InChI=1S/C14H9BrClFO2/c15-12-6-5-11(17)7-14(12)19-8-13(18)9-1-3-10(16)4-2-9/h1-7H,8H2. The van der Waals surface area contributed by atoms with Crippen molar-refractivity contribution < 1.29 is 13.9 Å². The van der Waals surface area contributed by atoms with Crippen molar-refractivity contribution in [3.05, 3.63) is 63.3 Å². The predicted octanol–water partition coefficient (Wildman–Crippen LogP) is 4.50. The summed E-state index contributed by atoms with van der Waals surface area (Å²) in [4.78, 5) is 11.8. The van der Waals surface area contributed by atoms with Gasteiger partial charge in [-0.3, -0.25) is 4.79 Å². The second-order valence-corrected chi connectivity index (χ2v) is 5.08. The molecule has 0 saturated heterocycles. The lowest BCUT2D eigenvalue weighted by atomic mass is 10.1. The average Bonchev–Trinajstić information content (AvgIpc) is 2.40. The summed E-state index contributed by atoms with van der Waals surface area (Å²) in [6.07, 6.45) is 0. The number of Topliss-reactive ketones (excluding diaryl/α,β-unsaturated/α-hetero) is 1. The summed E-state index contributed by atoms with van der Waals surface area (Å²) < 4.78 is 18.9. The molecule has 0 aliphatic carbocycles. The monoisotopic (exact) mass is 342 g/mol. The van der Waals surface area contributed by atoms with Gasteiger partial charge in [0.1, 0.15) is 11.6 Å². The highest BCUT2D eigenvalue weighted by Crippen LogP contribution is 2.25. The molecule has 0 radical (unpaired) electrons. The molecule has 2 aromatic carbocycles. The van der Waals surface area contributed by atoms with Crippen LogP contribution in [0.4, 0.5) is 4.39 Å². The number of ether oxygens (including phenoxy) is 1. The molecule has 2 aromatic rings. The van der Waals surface area contributed by atoms with Crippen molar-refractivity contribution in [1.82, 2.24) is 0 Å². The number of benzene rings is 2. The highest BCUT2D eigenvalue weighted by Gasteiger charge is 2.09. The maximum absolute atomic E-state index is 13.0. The molecule has 0 spiro atoms. The minimum atomic E-state index is -0.419. The molecule has 0 aliphatic heterocycles. The lowest BCUT2D eigenvalue weighted by molar-refractivity contribution is 0.0920. The van der Waals surface area contributed by atoms with Crippen molar-refractivity contribution in [1.29, 1.82) is 0 Å². The largest absolute Gasteiger partial charge is 0.484 e. The van der Waals surface area contributed by atoms with E-state index in [1.165, 1.54) is 18.2 Å². The van der Waals surface area contributed by atoms with Gasteiger partial charge in [0, 0.05) is 16.7 Å². The molecule has 2 nitrogen and oxygen atoms in total. The SMILES string of the molecule is O=C(COc1cc(F)ccc1Br)c1ccc(Cl)cc1. The summed E-state index contributed by atoms with van der Waals surface area (Å²) in [5.41, 5.74) is 0.497. The maximum atomic E-state index is 13.0. The molecule has 0 N–H and O–H groups in total. The first-order chi connectivity index (χ1) is 9.06. The number of halogens is 3. The third-order valence-electron chi connectivity index (χ3n) is 2.42. The van der Waals surface area contributed by atoms with Gasteiger partial charge in [-0.15, -0.1) is 0 Å². The zero-order valence-corrected chi connectivity index (χ0v) is 12.0. The van der Waals surface area contributed by atoms with E-state index in [-0.39, 0.29) is 12.4 Å². The fraction of sp³-hybridized carbons (Fsp3) is 0.0714. The Labute approximate surface area is 123 Å². The van der Waals surface area contributed by atoms with E-state index in [0.29, 0.717) is 20.8 Å². The fourth-order valence-corrected chi connectivity index (χ4v) is 1.94. The van der Waals surface area contributed by atoms with Gasteiger partial charge in [0.15, 0.2) is 12.4 Å².